The van der Waals surface area contributed by atoms with Crippen molar-refractivity contribution in [2.75, 3.05) is 26.5 Å². The van der Waals surface area contributed by atoms with Gasteiger partial charge in [-0.25, -0.2) is 8.42 Å². The molecule has 0 heterocycles. The summed E-state index contributed by atoms with van der Waals surface area (Å²) in [4.78, 5) is 14.2. The van der Waals surface area contributed by atoms with E-state index < -0.39 is 10.0 Å². The molecule has 1 amide bonds. The van der Waals surface area contributed by atoms with E-state index in [4.69, 9.17) is 4.74 Å². The topological polar surface area (TPSA) is 75.7 Å². The first-order valence-electron chi connectivity index (χ1n) is 10.9. The van der Waals surface area contributed by atoms with Crippen LogP contribution in [0.1, 0.15) is 24.1 Å². The van der Waals surface area contributed by atoms with E-state index in [0.717, 1.165) is 16.0 Å². The molecule has 0 fully saturated rings. The maximum atomic E-state index is 13.4. The maximum Gasteiger partial charge on any atom is 0.243 e. The summed E-state index contributed by atoms with van der Waals surface area (Å²) < 4.78 is 33.2. The zero-order valence-electron chi connectivity index (χ0n) is 19.6. The Morgan fingerprint density at radius 3 is 2.24 bits per heavy atom. The predicted molar refractivity (Wildman–Crippen MR) is 137 cm³/mol. The highest BCUT2D eigenvalue weighted by molar-refractivity contribution is 7.98. The molecule has 1 atom stereocenters. The van der Waals surface area contributed by atoms with Crippen LogP contribution in [0.15, 0.2) is 88.7 Å². The molecule has 1 N–H and O–H groups in total. The number of nitrogens with one attached hydrogen (secondary N) is 1. The molecule has 0 aliphatic rings. The highest BCUT2D eigenvalue weighted by Gasteiger charge is 2.27. The summed E-state index contributed by atoms with van der Waals surface area (Å²) in [6, 6.07) is 23.5. The van der Waals surface area contributed by atoms with Crippen LogP contribution in [-0.2, 0) is 21.2 Å². The van der Waals surface area contributed by atoms with E-state index in [1.165, 1.54) is 23.5 Å². The monoisotopic (exact) mass is 498 g/mol. The molecule has 0 aliphatic heterocycles. The fourth-order valence-electron chi connectivity index (χ4n) is 3.50. The summed E-state index contributed by atoms with van der Waals surface area (Å²) in [6.07, 6.45) is 2.50. The van der Waals surface area contributed by atoms with Gasteiger partial charge in [0, 0.05) is 11.4 Å². The molecule has 180 valence electrons. The lowest BCUT2D eigenvalue weighted by molar-refractivity contribution is -0.121. The number of amides is 1. The molecule has 0 unspecified atom stereocenters. The van der Waals surface area contributed by atoms with E-state index in [2.05, 4.69) is 5.32 Å². The van der Waals surface area contributed by atoms with E-state index in [9.17, 15) is 13.2 Å². The molecule has 0 aromatic heterocycles. The molecule has 0 spiro atoms. The van der Waals surface area contributed by atoms with Crippen LogP contribution >= 0.6 is 11.8 Å². The van der Waals surface area contributed by atoms with Crippen LogP contribution in [0.5, 0.6) is 5.75 Å². The van der Waals surface area contributed by atoms with Gasteiger partial charge in [-0.15, -0.1) is 11.8 Å². The Kier molecular flexibility index (Phi) is 9.15. The molecule has 6 nitrogen and oxygen atoms in total. The van der Waals surface area contributed by atoms with Gasteiger partial charge in [0.05, 0.1) is 24.6 Å². The van der Waals surface area contributed by atoms with Crippen molar-refractivity contribution < 1.29 is 17.9 Å². The largest absolute Gasteiger partial charge is 0.497 e. The van der Waals surface area contributed by atoms with E-state index in [1.807, 2.05) is 67.8 Å². The molecule has 3 aromatic rings. The standard InChI is InChI=1S/C26H30N2O4S2/c1-20(22-9-13-24(33-3)14-10-22)27-26(29)19-28(18-17-21-7-5-4-6-8-21)34(30,31)25-15-11-23(32-2)12-16-25/h4-16,20H,17-19H2,1-3H3,(H,27,29)/t20-/m1/s1. The summed E-state index contributed by atoms with van der Waals surface area (Å²) in [5.74, 6) is 0.209. The Labute approximate surface area is 206 Å². The highest BCUT2D eigenvalue weighted by atomic mass is 32.2. The predicted octanol–water partition coefficient (Wildman–Crippen LogP) is 4.53. The highest BCUT2D eigenvalue weighted by Crippen LogP contribution is 2.21. The normalized spacial score (nSPS) is 12.4. The molecular formula is C26H30N2O4S2. The molecular weight excluding hydrogens is 468 g/mol. The lowest BCUT2D eigenvalue weighted by Crippen LogP contribution is -2.42. The van der Waals surface area contributed by atoms with Crippen molar-refractivity contribution in [1.82, 2.24) is 9.62 Å². The van der Waals surface area contributed by atoms with Crippen LogP contribution in [-0.4, -0.2) is 45.1 Å². The van der Waals surface area contributed by atoms with Gasteiger partial charge in [-0.2, -0.15) is 4.31 Å². The second-order valence-electron chi connectivity index (χ2n) is 7.81. The van der Waals surface area contributed by atoms with E-state index in [-0.39, 0.29) is 29.9 Å². The molecule has 8 heteroatoms. The molecule has 0 aliphatic carbocycles. The van der Waals surface area contributed by atoms with Crippen molar-refractivity contribution in [3.63, 3.8) is 0 Å². The summed E-state index contributed by atoms with van der Waals surface area (Å²) >= 11 is 1.65. The second kappa shape index (κ2) is 12.1. The smallest absolute Gasteiger partial charge is 0.243 e. The third-order valence-corrected chi connectivity index (χ3v) is 8.11. The number of sulfonamides is 1. The minimum absolute atomic E-state index is 0.120. The Balaban J connectivity index is 1.76. The summed E-state index contributed by atoms with van der Waals surface area (Å²) in [5, 5.41) is 2.93. The first-order valence-corrected chi connectivity index (χ1v) is 13.6. The van der Waals surface area contributed by atoms with Gasteiger partial charge in [0.2, 0.25) is 15.9 Å². The van der Waals surface area contributed by atoms with E-state index in [0.29, 0.717) is 12.2 Å². The number of ether oxygens (including phenoxy) is 1. The number of methoxy groups -OCH3 is 1. The lowest BCUT2D eigenvalue weighted by atomic mass is 10.1. The van der Waals surface area contributed by atoms with Crippen LogP contribution in [0.3, 0.4) is 0 Å². The number of benzene rings is 3. The number of rotatable bonds is 11. The molecule has 0 bridgehead atoms. The number of hydrogen-bond donors (Lipinski definition) is 1. The fraction of sp³-hybridized carbons (Fsp3) is 0.269. The second-order valence-corrected chi connectivity index (χ2v) is 10.6. The quantitative estimate of drug-likeness (QED) is 0.393. The van der Waals surface area contributed by atoms with Crippen molar-refractivity contribution in [2.24, 2.45) is 0 Å². The van der Waals surface area contributed by atoms with Crippen LogP contribution < -0.4 is 10.1 Å². The van der Waals surface area contributed by atoms with Crippen LogP contribution in [0, 0.1) is 0 Å². The van der Waals surface area contributed by atoms with E-state index in [1.54, 1.807) is 23.9 Å². The zero-order chi connectivity index (χ0) is 24.6. The maximum absolute atomic E-state index is 13.4. The van der Waals surface area contributed by atoms with Crippen LogP contribution in [0.25, 0.3) is 0 Å². The van der Waals surface area contributed by atoms with Gasteiger partial charge in [-0.3, -0.25) is 4.79 Å². The molecule has 3 rings (SSSR count). The van der Waals surface area contributed by atoms with Crippen LogP contribution in [0.4, 0.5) is 0 Å². The zero-order valence-corrected chi connectivity index (χ0v) is 21.2. The van der Waals surface area contributed by atoms with Crippen LogP contribution in [0.2, 0.25) is 0 Å². The van der Waals surface area contributed by atoms with Gasteiger partial charge in [0.25, 0.3) is 0 Å². The van der Waals surface area contributed by atoms with Gasteiger partial charge < -0.3 is 10.1 Å². The van der Waals surface area contributed by atoms with Gasteiger partial charge in [0.15, 0.2) is 0 Å². The first kappa shape index (κ1) is 25.8. The van der Waals surface area contributed by atoms with Crippen molar-refractivity contribution in [2.45, 2.75) is 29.2 Å². The number of hydrogen-bond acceptors (Lipinski definition) is 5. The summed E-state index contributed by atoms with van der Waals surface area (Å²) in [6.45, 7) is 1.80. The van der Waals surface area contributed by atoms with Gasteiger partial charge in [-0.05, 0) is 67.1 Å². The van der Waals surface area contributed by atoms with Crippen molar-refractivity contribution in [1.29, 1.82) is 0 Å². The van der Waals surface area contributed by atoms with Crippen molar-refractivity contribution in [3.05, 3.63) is 90.0 Å². The van der Waals surface area contributed by atoms with E-state index >= 15 is 0 Å². The molecule has 3 aromatic carbocycles. The number of carbonyl (C=O) groups is 1. The summed E-state index contributed by atoms with van der Waals surface area (Å²) in [7, 11) is -2.36. The average Bonchev–Trinajstić information content (AvgIpc) is 2.87. The number of thioether (sulfide) groups is 1. The Bertz CT molecular complexity index is 1170. The third-order valence-electron chi connectivity index (χ3n) is 5.50. The Hall–Kier alpha value is -2.81. The molecule has 34 heavy (non-hydrogen) atoms. The number of carbonyl (C=O) groups excluding carboxylic acids is 1. The minimum Gasteiger partial charge on any atom is -0.497 e. The molecule has 0 saturated carbocycles. The molecule has 0 saturated heterocycles. The fourth-order valence-corrected chi connectivity index (χ4v) is 5.31. The average molecular weight is 499 g/mol. The SMILES string of the molecule is COc1ccc(S(=O)(=O)N(CCc2ccccc2)CC(=O)N[C@H](C)c2ccc(SC)cc2)cc1. The van der Waals surface area contributed by atoms with Crippen molar-refractivity contribution >= 4 is 27.7 Å². The van der Waals surface area contributed by atoms with Crippen molar-refractivity contribution in [3.8, 4) is 5.75 Å². The third kappa shape index (κ3) is 6.85. The minimum atomic E-state index is -3.89. The Morgan fingerprint density at radius 2 is 1.65 bits per heavy atom. The lowest BCUT2D eigenvalue weighted by Gasteiger charge is -2.23. The number of nitrogens with zero attached hydrogens (tertiary/aromatic N) is 1. The van der Waals surface area contributed by atoms with Gasteiger partial charge >= 0.3 is 0 Å². The molecule has 0 radical (unpaired) electrons. The summed E-state index contributed by atoms with van der Waals surface area (Å²) in [5.41, 5.74) is 1.96. The van der Waals surface area contributed by atoms with Gasteiger partial charge in [0.1, 0.15) is 5.75 Å². The first-order chi connectivity index (χ1) is 16.3. The Morgan fingerprint density at radius 1 is 1.00 bits per heavy atom. The van der Waals surface area contributed by atoms with Gasteiger partial charge in [-0.1, -0.05) is 42.5 Å².